The van der Waals surface area contributed by atoms with Crippen molar-refractivity contribution >= 4 is 29.1 Å². The molecular formula is C12H12ClFN2O2. The van der Waals surface area contributed by atoms with Crippen LogP contribution in [-0.4, -0.2) is 18.4 Å². The molecule has 2 rings (SSSR count). The number of amides is 2. The summed E-state index contributed by atoms with van der Waals surface area (Å²) in [4.78, 5) is 24.3. The second kappa shape index (κ2) is 4.57. The number of aryl methyl sites for hydroxylation is 1. The Hall–Kier alpha value is -1.62. The van der Waals surface area contributed by atoms with E-state index in [1.165, 1.54) is 11.0 Å². The molecule has 0 bridgehead atoms. The van der Waals surface area contributed by atoms with Gasteiger partial charge in [0.2, 0.25) is 11.8 Å². The van der Waals surface area contributed by atoms with Crippen molar-refractivity contribution in [1.82, 2.24) is 0 Å². The molecule has 1 atom stereocenters. The molecule has 0 radical (unpaired) electrons. The molecule has 1 fully saturated rings. The molecule has 1 heterocycles. The van der Waals surface area contributed by atoms with E-state index in [1.54, 1.807) is 6.92 Å². The number of rotatable bonds is 2. The summed E-state index contributed by atoms with van der Waals surface area (Å²) in [6.45, 7) is 1.78. The van der Waals surface area contributed by atoms with Crippen molar-refractivity contribution in [3.8, 4) is 0 Å². The molecule has 1 aliphatic rings. The van der Waals surface area contributed by atoms with Crippen LogP contribution in [0.3, 0.4) is 0 Å². The van der Waals surface area contributed by atoms with Gasteiger partial charge in [-0.3, -0.25) is 9.59 Å². The van der Waals surface area contributed by atoms with Crippen molar-refractivity contribution < 1.29 is 14.0 Å². The summed E-state index contributed by atoms with van der Waals surface area (Å²) in [7, 11) is 0. The van der Waals surface area contributed by atoms with Gasteiger partial charge in [0.1, 0.15) is 5.82 Å². The van der Waals surface area contributed by atoms with Crippen molar-refractivity contribution in [2.45, 2.75) is 13.3 Å². The zero-order valence-electron chi connectivity index (χ0n) is 9.74. The molecule has 0 saturated carbocycles. The predicted molar refractivity (Wildman–Crippen MR) is 65.8 cm³/mol. The highest BCUT2D eigenvalue weighted by Crippen LogP contribution is 2.33. The maximum Gasteiger partial charge on any atom is 0.227 e. The Morgan fingerprint density at radius 2 is 2.22 bits per heavy atom. The highest BCUT2D eigenvalue weighted by molar-refractivity contribution is 6.34. The van der Waals surface area contributed by atoms with E-state index in [0.717, 1.165) is 6.07 Å². The van der Waals surface area contributed by atoms with Crippen molar-refractivity contribution in [2.24, 2.45) is 11.7 Å². The first-order chi connectivity index (χ1) is 8.40. The molecule has 0 aliphatic carbocycles. The lowest BCUT2D eigenvalue weighted by Gasteiger charge is -2.18. The number of anilines is 1. The average molecular weight is 271 g/mol. The molecule has 2 N–H and O–H groups in total. The summed E-state index contributed by atoms with van der Waals surface area (Å²) in [6.07, 6.45) is 0.0715. The van der Waals surface area contributed by atoms with Gasteiger partial charge in [-0.2, -0.15) is 0 Å². The van der Waals surface area contributed by atoms with Gasteiger partial charge >= 0.3 is 0 Å². The zero-order chi connectivity index (χ0) is 13.4. The van der Waals surface area contributed by atoms with Gasteiger partial charge in [-0.25, -0.2) is 4.39 Å². The van der Waals surface area contributed by atoms with Gasteiger partial charge in [-0.05, 0) is 24.6 Å². The first-order valence-electron chi connectivity index (χ1n) is 5.45. The summed E-state index contributed by atoms with van der Waals surface area (Å²) < 4.78 is 13.3. The van der Waals surface area contributed by atoms with E-state index in [2.05, 4.69) is 0 Å². The predicted octanol–water partition coefficient (Wildman–Crippen LogP) is 1.63. The SMILES string of the molecule is Cc1cc(N2CC(C(N)=O)CC2=O)c(Cl)cc1F. The lowest BCUT2D eigenvalue weighted by Crippen LogP contribution is -2.28. The van der Waals surface area contributed by atoms with Gasteiger partial charge in [0.25, 0.3) is 0 Å². The molecular weight excluding hydrogens is 259 g/mol. The second-order valence-electron chi connectivity index (χ2n) is 4.36. The number of hydrogen-bond acceptors (Lipinski definition) is 2. The molecule has 6 heteroatoms. The lowest BCUT2D eigenvalue weighted by molar-refractivity contribution is -0.123. The number of benzene rings is 1. The van der Waals surface area contributed by atoms with Crippen LogP contribution in [-0.2, 0) is 9.59 Å². The summed E-state index contributed by atoms with van der Waals surface area (Å²) in [5.41, 5.74) is 6.00. The highest BCUT2D eigenvalue weighted by Gasteiger charge is 2.34. The Kier molecular flexibility index (Phi) is 3.26. The number of primary amides is 1. The van der Waals surface area contributed by atoms with Crippen molar-refractivity contribution in [3.63, 3.8) is 0 Å². The Balaban J connectivity index is 2.35. The van der Waals surface area contributed by atoms with E-state index >= 15 is 0 Å². The first kappa shape index (κ1) is 12.8. The van der Waals surface area contributed by atoms with E-state index in [0.29, 0.717) is 11.3 Å². The molecule has 0 aromatic heterocycles. The van der Waals surface area contributed by atoms with Crippen LogP contribution in [0.1, 0.15) is 12.0 Å². The van der Waals surface area contributed by atoms with E-state index in [-0.39, 0.29) is 23.9 Å². The molecule has 0 spiro atoms. The fourth-order valence-corrected chi connectivity index (χ4v) is 2.23. The Morgan fingerprint density at radius 3 is 2.78 bits per heavy atom. The minimum atomic E-state index is -0.515. The van der Waals surface area contributed by atoms with E-state index in [9.17, 15) is 14.0 Å². The maximum atomic E-state index is 13.3. The summed E-state index contributed by atoms with van der Waals surface area (Å²) in [5.74, 6) is -1.69. The number of hydrogen-bond donors (Lipinski definition) is 1. The van der Waals surface area contributed by atoms with Gasteiger partial charge in [-0.1, -0.05) is 11.6 Å². The third kappa shape index (κ3) is 2.18. The van der Waals surface area contributed by atoms with Crippen molar-refractivity contribution in [3.05, 3.63) is 28.5 Å². The van der Waals surface area contributed by atoms with Crippen molar-refractivity contribution in [2.75, 3.05) is 11.4 Å². The van der Waals surface area contributed by atoms with Crippen LogP contribution in [0.4, 0.5) is 10.1 Å². The maximum absolute atomic E-state index is 13.3. The van der Waals surface area contributed by atoms with Crippen LogP contribution in [0, 0.1) is 18.7 Å². The number of halogens is 2. The Labute approximate surface area is 109 Å². The smallest absolute Gasteiger partial charge is 0.227 e. The molecule has 18 heavy (non-hydrogen) atoms. The summed E-state index contributed by atoms with van der Waals surface area (Å²) in [5, 5.41) is 0.150. The Morgan fingerprint density at radius 1 is 1.56 bits per heavy atom. The molecule has 1 aliphatic heterocycles. The third-order valence-electron chi connectivity index (χ3n) is 3.05. The first-order valence-corrected chi connectivity index (χ1v) is 5.83. The van der Waals surface area contributed by atoms with Crippen molar-refractivity contribution in [1.29, 1.82) is 0 Å². The zero-order valence-corrected chi connectivity index (χ0v) is 10.5. The molecule has 96 valence electrons. The minimum absolute atomic E-state index is 0.0715. The number of carbonyl (C=O) groups is 2. The van der Waals surface area contributed by atoms with Gasteiger partial charge in [0, 0.05) is 13.0 Å². The minimum Gasteiger partial charge on any atom is -0.369 e. The number of nitrogens with two attached hydrogens (primary N) is 1. The van der Waals surface area contributed by atoms with Crippen LogP contribution < -0.4 is 10.6 Å². The van der Waals surface area contributed by atoms with Crippen LogP contribution in [0.2, 0.25) is 5.02 Å². The van der Waals surface area contributed by atoms with Gasteiger partial charge in [-0.15, -0.1) is 0 Å². The molecule has 1 aromatic rings. The molecule has 2 amide bonds. The summed E-state index contributed by atoms with van der Waals surface area (Å²) >= 11 is 5.92. The quantitative estimate of drug-likeness (QED) is 0.888. The largest absolute Gasteiger partial charge is 0.369 e. The number of carbonyl (C=O) groups excluding carboxylic acids is 2. The highest BCUT2D eigenvalue weighted by atomic mass is 35.5. The molecule has 4 nitrogen and oxygen atoms in total. The van der Waals surface area contributed by atoms with E-state index < -0.39 is 17.6 Å². The average Bonchev–Trinajstić information content (AvgIpc) is 2.66. The number of nitrogens with zero attached hydrogens (tertiary/aromatic N) is 1. The molecule has 1 unspecified atom stereocenters. The van der Waals surface area contributed by atoms with Crippen LogP contribution in [0.5, 0.6) is 0 Å². The third-order valence-corrected chi connectivity index (χ3v) is 3.35. The topological polar surface area (TPSA) is 63.4 Å². The second-order valence-corrected chi connectivity index (χ2v) is 4.77. The molecule has 1 saturated heterocycles. The lowest BCUT2D eigenvalue weighted by atomic mass is 10.1. The van der Waals surface area contributed by atoms with Crippen LogP contribution >= 0.6 is 11.6 Å². The van der Waals surface area contributed by atoms with Crippen LogP contribution in [0.15, 0.2) is 12.1 Å². The van der Waals surface area contributed by atoms with E-state index in [1.807, 2.05) is 0 Å². The monoisotopic (exact) mass is 270 g/mol. The standard InChI is InChI=1S/C12H12ClFN2O2/c1-6-2-10(8(13)4-9(6)14)16-5-7(12(15)18)3-11(16)17/h2,4,7H,3,5H2,1H3,(H2,15,18). The Bertz CT molecular complexity index is 533. The van der Waals surface area contributed by atoms with Gasteiger partial charge in [0.15, 0.2) is 0 Å². The van der Waals surface area contributed by atoms with Gasteiger partial charge in [0.05, 0.1) is 16.6 Å². The van der Waals surface area contributed by atoms with Crippen LogP contribution in [0.25, 0.3) is 0 Å². The normalized spacial score (nSPS) is 19.4. The fraction of sp³-hybridized carbons (Fsp3) is 0.333. The fourth-order valence-electron chi connectivity index (χ4n) is 1.98. The van der Waals surface area contributed by atoms with E-state index in [4.69, 9.17) is 17.3 Å². The summed E-state index contributed by atoms with van der Waals surface area (Å²) in [6, 6.07) is 2.66. The van der Waals surface area contributed by atoms with Gasteiger partial charge < -0.3 is 10.6 Å². The molecule has 1 aromatic carbocycles.